The molecular weight excluding hydrogens is 482 g/mol. The second-order valence-corrected chi connectivity index (χ2v) is 10.2. The summed E-state index contributed by atoms with van der Waals surface area (Å²) < 4.78 is 37.9. The lowest BCUT2D eigenvalue weighted by molar-refractivity contribution is -0.122. The molecule has 2 atom stereocenters. The molecule has 3 aromatic rings. The van der Waals surface area contributed by atoms with E-state index in [4.69, 9.17) is 4.74 Å². The van der Waals surface area contributed by atoms with Gasteiger partial charge >= 0.3 is 0 Å². The number of aliphatic hydroxyl groups excluding tert-OH is 1. The van der Waals surface area contributed by atoms with Gasteiger partial charge in [-0.1, -0.05) is 24.3 Å². The minimum absolute atomic E-state index is 0.00182. The lowest BCUT2D eigenvalue weighted by Gasteiger charge is -2.27. The highest BCUT2D eigenvalue weighted by Gasteiger charge is 2.22. The Morgan fingerprint density at radius 2 is 2.03 bits per heavy atom. The van der Waals surface area contributed by atoms with Crippen LogP contribution in [0.1, 0.15) is 23.7 Å². The average Bonchev–Trinajstić information content (AvgIpc) is 2.88. The fourth-order valence-electron chi connectivity index (χ4n) is 4.05. The summed E-state index contributed by atoms with van der Waals surface area (Å²) in [5, 5.41) is 13.5. The van der Waals surface area contributed by atoms with Gasteiger partial charge in [-0.3, -0.25) is 9.78 Å². The number of aromatic nitrogens is 1. The van der Waals surface area contributed by atoms with Crippen molar-refractivity contribution in [3.05, 3.63) is 78.1 Å². The summed E-state index contributed by atoms with van der Waals surface area (Å²) in [6, 6.07) is 15.9. The number of amides is 1. The zero-order valence-corrected chi connectivity index (χ0v) is 20.7. The lowest BCUT2D eigenvalue weighted by Crippen LogP contribution is -2.36. The van der Waals surface area contributed by atoms with Crippen LogP contribution in [0.25, 0.3) is 11.1 Å². The Balaban J connectivity index is 1.38. The largest absolute Gasteiger partial charge is 0.489 e. The van der Waals surface area contributed by atoms with Gasteiger partial charge in [-0.15, -0.1) is 0 Å². The number of hydrogen-bond donors (Lipinski definition) is 3. The quantitative estimate of drug-likeness (QED) is 0.378. The van der Waals surface area contributed by atoms with E-state index in [1.165, 1.54) is 19.2 Å². The van der Waals surface area contributed by atoms with Gasteiger partial charge in [0.1, 0.15) is 18.5 Å². The maximum absolute atomic E-state index is 12.5. The number of nitrogens with one attached hydrogen (secondary N) is 2. The Morgan fingerprint density at radius 3 is 2.81 bits per heavy atom. The maximum atomic E-state index is 12.5. The molecule has 2 heterocycles. The van der Waals surface area contributed by atoms with Gasteiger partial charge in [0.25, 0.3) is 15.9 Å². The third-order valence-electron chi connectivity index (χ3n) is 5.87. The van der Waals surface area contributed by atoms with Gasteiger partial charge in [0, 0.05) is 38.2 Å². The number of aliphatic hydroxyl groups is 1. The minimum Gasteiger partial charge on any atom is -0.489 e. The number of methoxy groups -OCH3 is 1. The van der Waals surface area contributed by atoms with Crippen LogP contribution in [0.5, 0.6) is 5.75 Å². The summed E-state index contributed by atoms with van der Waals surface area (Å²) in [7, 11) is -2.68. The number of carbonyl (C=O) groups is 1. The molecule has 36 heavy (non-hydrogen) atoms. The van der Waals surface area contributed by atoms with Gasteiger partial charge < -0.3 is 19.9 Å². The highest BCUT2D eigenvalue weighted by atomic mass is 32.2. The van der Waals surface area contributed by atoms with Crippen molar-refractivity contribution < 1.29 is 27.8 Å². The zero-order chi connectivity index (χ0) is 25.5. The fourth-order valence-corrected chi connectivity index (χ4v) is 5.07. The van der Waals surface area contributed by atoms with E-state index in [2.05, 4.69) is 15.0 Å². The van der Waals surface area contributed by atoms with Crippen LogP contribution in [-0.2, 0) is 26.0 Å². The van der Waals surface area contributed by atoms with E-state index >= 15 is 0 Å². The number of rotatable bonds is 10. The standard InChI is InChI=1S/C26H29N3O6S/c1-34-17-26(31)29-36(32,33)23-6-2-4-18(13-23)19-8-10-25-20(12-19)7-9-22(35-25)15-28-16-24(30)21-5-3-11-27-14-21/h2-6,8,10-14,22,24,28,30H,7,9,15-17H2,1H3,(H,29,31). The molecular formula is C26H29N3O6S. The molecule has 1 amide bonds. The van der Waals surface area contributed by atoms with Crippen LogP contribution in [0.2, 0.25) is 0 Å². The summed E-state index contributed by atoms with van der Waals surface area (Å²) in [4.78, 5) is 15.7. The number of nitrogens with zero attached hydrogens (tertiary/aromatic N) is 1. The first-order valence-electron chi connectivity index (χ1n) is 11.6. The SMILES string of the molecule is COCC(=O)NS(=O)(=O)c1cccc(-c2ccc3c(c2)CCC(CNCC(O)c2cccnc2)O3)c1. The Labute approximate surface area is 210 Å². The first-order valence-corrected chi connectivity index (χ1v) is 13.1. The molecule has 9 nitrogen and oxygen atoms in total. The molecule has 0 aliphatic carbocycles. The van der Waals surface area contributed by atoms with E-state index in [0.29, 0.717) is 18.7 Å². The molecule has 0 bridgehead atoms. The van der Waals surface area contributed by atoms with Crippen molar-refractivity contribution in [2.45, 2.75) is 29.9 Å². The third kappa shape index (κ3) is 6.46. The number of ether oxygens (including phenoxy) is 2. The third-order valence-corrected chi connectivity index (χ3v) is 7.24. The molecule has 1 aromatic heterocycles. The van der Waals surface area contributed by atoms with E-state index in [1.54, 1.807) is 24.5 Å². The fraction of sp³-hybridized carbons (Fsp3) is 0.308. The number of pyridine rings is 1. The van der Waals surface area contributed by atoms with Crippen molar-refractivity contribution in [3.8, 4) is 16.9 Å². The van der Waals surface area contributed by atoms with Crippen molar-refractivity contribution in [1.29, 1.82) is 0 Å². The van der Waals surface area contributed by atoms with E-state index in [0.717, 1.165) is 35.3 Å². The number of benzene rings is 2. The molecule has 0 radical (unpaired) electrons. The normalized spacial score (nSPS) is 16.0. The highest BCUT2D eigenvalue weighted by Crippen LogP contribution is 2.32. The van der Waals surface area contributed by atoms with Gasteiger partial charge in [0.05, 0.1) is 11.0 Å². The van der Waals surface area contributed by atoms with Crippen LogP contribution in [0, 0.1) is 0 Å². The van der Waals surface area contributed by atoms with Crippen LogP contribution in [0.3, 0.4) is 0 Å². The number of aryl methyl sites for hydroxylation is 1. The molecule has 1 aliphatic heterocycles. The second kappa shape index (κ2) is 11.6. The number of carbonyl (C=O) groups excluding carboxylic acids is 1. The number of fused-ring (bicyclic) bond motifs is 1. The van der Waals surface area contributed by atoms with E-state index in [1.807, 2.05) is 35.1 Å². The number of hydrogen-bond acceptors (Lipinski definition) is 8. The van der Waals surface area contributed by atoms with Crippen LogP contribution in [0.4, 0.5) is 0 Å². The van der Waals surface area contributed by atoms with Crippen molar-refractivity contribution in [2.24, 2.45) is 0 Å². The van der Waals surface area contributed by atoms with Crippen LogP contribution >= 0.6 is 0 Å². The summed E-state index contributed by atoms with van der Waals surface area (Å²) in [6.45, 7) is 0.668. The average molecular weight is 512 g/mol. The van der Waals surface area contributed by atoms with Crippen molar-refractivity contribution in [3.63, 3.8) is 0 Å². The molecule has 0 fully saturated rings. The lowest BCUT2D eigenvalue weighted by atomic mass is 9.97. The van der Waals surface area contributed by atoms with Crippen LogP contribution in [-0.4, -0.2) is 57.3 Å². The molecule has 10 heteroatoms. The van der Waals surface area contributed by atoms with Crippen molar-refractivity contribution >= 4 is 15.9 Å². The first kappa shape index (κ1) is 25.8. The van der Waals surface area contributed by atoms with Crippen molar-refractivity contribution in [1.82, 2.24) is 15.0 Å². The zero-order valence-electron chi connectivity index (χ0n) is 19.9. The first-order chi connectivity index (χ1) is 17.4. The Morgan fingerprint density at radius 1 is 1.19 bits per heavy atom. The molecule has 3 N–H and O–H groups in total. The Kier molecular flexibility index (Phi) is 8.32. The Hall–Kier alpha value is -3.31. The maximum Gasteiger partial charge on any atom is 0.264 e. The predicted molar refractivity (Wildman–Crippen MR) is 134 cm³/mol. The Bertz CT molecular complexity index is 1300. The topological polar surface area (TPSA) is 127 Å². The van der Waals surface area contributed by atoms with Crippen molar-refractivity contribution in [2.75, 3.05) is 26.8 Å². The molecule has 0 spiro atoms. The summed E-state index contributed by atoms with van der Waals surface area (Å²) in [5.41, 5.74) is 3.38. The van der Waals surface area contributed by atoms with Gasteiger partial charge in [-0.25, -0.2) is 13.1 Å². The molecule has 190 valence electrons. The molecule has 2 unspecified atom stereocenters. The summed E-state index contributed by atoms with van der Waals surface area (Å²) in [5.74, 6) is 0.0599. The minimum atomic E-state index is -4.00. The van der Waals surface area contributed by atoms with Gasteiger partial charge in [0.15, 0.2) is 0 Å². The predicted octanol–water partition coefficient (Wildman–Crippen LogP) is 2.22. The van der Waals surface area contributed by atoms with Crippen LogP contribution < -0.4 is 14.8 Å². The summed E-state index contributed by atoms with van der Waals surface area (Å²) in [6.07, 6.45) is 4.29. The monoisotopic (exact) mass is 511 g/mol. The van der Waals surface area contributed by atoms with Gasteiger partial charge in [-0.05, 0) is 59.9 Å². The van der Waals surface area contributed by atoms with E-state index in [9.17, 15) is 18.3 Å². The van der Waals surface area contributed by atoms with Gasteiger partial charge in [0.2, 0.25) is 0 Å². The van der Waals surface area contributed by atoms with E-state index in [-0.39, 0.29) is 17.6 Å². The smallest absolute Gasteiger partial charge is 0.264 e. The molecule has 0 saturated heterocycles. The molecule has 4 rings (SSSR count). The molecule has 2 aromatic carbocycles. The second-order valence-electron chi connectivity index (χ2n) is 8.55. The van der Waals surface area contributed by atoms with Gasteiger partial charge in [-0.2, -0.15) is 0 Å². The van der Waals surface area contributed by atoms with E-state index < -0.39 is 22.0 Å². The highest BCUT2D eigenvalue weighted by molar-refractivity contribution is 7.90. The number of sulfonamides is 1. The molecule has 1 aliphatic rings. The summed E-state index contributed by atoms with van der Waals surface area (Å²) >= 11 is 0. The molecule has 0 saturated carbocycles. The van der Waals surface area contributed by atoms with Crippen LogP contribution in [0.15, 0.2) is 71.9 Å².